The Hall–Kier alpha value is -2.36. The van der Waals surface area contributed by atoms with E-state index in [1.54, 1.807) is 19.2 Å². The van der Waals surface area contributed by atoms with Gasteiger partial charge in [-0.3, -0.25) is 10.1 Å². The molecule has 0 aliphatic heterocycles. The van der Waals surface area contributed by atoms with Crippen LogP contribution < -0.4 is 4.74 Å². The summed E-state index contributed by atoms with van der Waals surface area (Å²) in [5, 5.41) is 10.7. The number of nitrogens with zero attached hydrogens (tertiary/aromatic N) is 1. The third-order valence-electron chi connectivity index (χ3n) is 3.14. The molecular weight excluding hydrogens is 242 g/mol. The number of methoxy groups -OCH3 is 1. The van der Waals surface area contributed by atoms with Crippen LogP contribution in [0.5, 0.6) is 5.75 Å². The summed E-state index contributed by atoms with van der Waals surface area (Å²) in [7, 11) is 1.63. The van der Waals surface area contributed by atoms with Crippen molar-refractivity contribution in [2.75, 3.05) is 7.11 Å². The van der Waals surface area contributed by atoms with Gasteiger partial charge in [0, 0.05) is 12.1 Å². The molecule has 19 heavy (non-hydrogen) atoms. The Morgan fingerprint density at radius 1 is 1.00 bits per heavy atom. The van der Waals surface area contributed by atoms with Crippen molar-refractivity contribution in [3.8, 4) is 16.9 Å². The van der Waals surface area contributed by atoms with Gasteiger partial charge in [-0.25, -0.2) is 0 Å². The molecule has 2 aromatic carbocycles. The van der Waals surface area contributed by atoms with E-state index in [0.717, 1.165) is 28.0 Å². The highest BCUT2D eigenvalue weighted by Crippen LogP contribution is 2.31. The minimum atomic E-state index is -0.377. The molecule has 0 heterocycles. The van der Waals surface area contributed by atoms with Gasteiger partial charge < -0.3 is 4.74 Å². The summed E-state index contributed by atoms with van der Waals surface area (Å²) in [6.07, 6.45) is 0. The molecule has 0 amide bonds. The van der Waals surface area contributed by atoms with Gasteiger partial charge in [-0.1, -0.05) is 6.07 Å². The summed E-state index contributed by atoms with van der Waals surface area (Å²) in [6, 6.07) is 10.7. The number of hydrogen-bond donors (Lipinski definition) is 0. The number of nitro benzene ring substituents is 1. The summed E-state index contributed by atoms with van der Waals surface area (Å²) >= 11 is 0. The number of aryl methyl sites for hydroxylation is 2. The van der Waals surface area contributed by atoms with Crippen LogP contribution in [0.2, 0.25) is 0 Å². The van der Waals surface area contributed by atoms with Crippen molar-refractivity contribution in [3.05, 3.63) is 57.6 Å². The van der Waals surface area contributed by atoms with Gasteiger partial charge in [0.2, 0.25) is 0 Å². The highest BCUT2D eigenvalue weighted by Gasteiger charge is 2.11. The van der Waals surface area contributed by atoms with Gasteiger partial charge in [-0.2, -0.15) is 0 Å². The van der Waals surface area contributed by atoms with E-state index in [4.69, 9.17) is 4.74 Å². The van der Waals surface area contributed by atoms with Crippen molar-refractivity contribution in [1.29, 1.82) is 0 Å². The lowest BCUT2D eigenvalue weighted by Gasteiger charge is -2.10. The van der Waals surface area contributed by atoms with Crippen LogP contribution in [0.4, 0.5) is 5.69 Å². The molecule has 0 unspecified atom stereocenters. The summed E-state index contributed by atoms with van der Waals surface area (Å²) in [5.74, 6) is 0.806. The van der Waals surface area contributed by atoms with E-state index < -0.39 is 0 Å². The Bertz CT molecular complexity index is 635. The second-order valence-corrected chi connectivity index (χ2v) is 4.44. The fraction of sp³-hybridized carbons (Fsp3) is 0.200. The van der Waals surface area contributed by atoms with Gasteiger partial charge in [0.05, 0.1) is 12.0 Å². The third kappa shape index (κ3) is 2.57. The van der Waals surface area contributed by atoms with Gasteiger partial charge >= 0.3 is 0 Å². The zero-order valence-electron chi connectivity index (χ0n) is 11.1. The first-order valence-corrected chi connectivity index (χ1v) is 5.93. The van der Waals surface area contributed by atoms with E-state index in [0.29, 0.717) is 0 Å². The molecular formula is C15H15NO3. The van der Waals surface area contributed by atoms with E-state index in [9.17, 15) is 10.1 Å². The van der Waals surface area contributed by atoms with Crippen molar-refractivity contribution in [2.24, 2.45) is 0 Å². The van der Waals surface area contributed by atoms with Gasteiger partial charge in [0.1, 0.15) is 5.75 Å². The van der Waals surface area contributed by atoms with E-state index in [1.807, 2.05) is 32.0 Å². The van der Waals surface area contributed by atoms with Crippen LogP contribution in [0.1, 0.15) is 11.1 Å². The lowest BCUT2D eigenvalue weighted by Crippen LogP contribution is -1.92. The molecule has 0 fully saturated rings. The summed E-state index contributed by atoms with van der Waals surface area (Å²) in [4.78, 5) is 10.4. The summed E-state index contributed by atoms with van der Waals surface area (Å²) < 4.78 is 5.18. The Balaban J connectivity index is 2.50. The predicted molar refractivity (Wildman–Crippen MR) is 74.6 cm³/mol. The average molecular weight is 257 g/mol. The molecule has 98 valence electrons. The number of hydrogen-bond acceptors (Lipinski definition) is 3. The predicted octanol–water partition coefficient (Wildman–Crippen LogP) is 3.89. The molecule has 0 atom stereocenters. The average Bonchev–Trinajstić information content (AvgIpc) is 2.39. The third-order valence-corrected chi connectivity index (χ3v) is 3.14. The highest BCUT2D eigenvalue weighted by atomic mass is 16.6. The maximum atomic E-state index is 10.7. The van der Waals surface area contributed by atoms with Gasteiger partial charge in [-0.05, 0) is 54.3 Å². The zero-order valence-corrected chi connectivity index (χ0v) is 11.1. The molecule has 2 rings (SSSR count). The molecule has 0 N–H and O–H groups in total. The van der Waals surface area contributed by atoms with Gasteiger partial charge in [0.25, 0.3) is 5.69 Å². The maximum absolute atomic E-state index is 10.7. The number of rotatable bonds is 3. The molecule has 0 bridgehead atoms. The van der Waals surface area contributed by atoms with E-state index >= 15 is 0 Å². The Kier molecular flexibility index (Phi) is 3.51. The fourth-order valence-electron chi connectivity index (χ4n) is 2.13. The lowest BCUT2D eigenvalue weighted by molar-refractivity contribution is -0.384. The monoisotopic (exact) mass is 257 g/mol. The standard InChI is InChI=1S/C15H15NO3/c1-10-8-12(16(17)18)4-6-14(10)15-7-5-13(19-3)9-11(15)2/h4-9H,1-3H3. The molecule has 0 radical (unpaired) electrons. The van der Waals surface area contributed by atoms with Gasteiger partial charge in [-0.15, -0.1) is 0 Å². The second-order valence-electron chi connectivity index (χ2n) is 4.44. The molecule has 0 spiro atoms. The number of benzene rings is 2. The number of non-ortho nitro benzene ring substituents is 1. The molecule has 4 heteroatoms. The van der Waals surface area contributed by atoms with Gasteiger partial charge in [0.15, 0.2) is 0 Å². The Labute approximate surface area is 111 Å². The quantitative estimate of drug-likeness (QED) is 0.619. The van der Waals surface area contributed by atoms with Crippen molar-refractivity contribution < 1.29 is 9.66 Å². The molecule has 0 aliphatic rings. The highest BCUT2D eigenvalue weighted by molar-refractivity contribution is 5.72. The summed E-state index contributed by atoms with van der Waals surface area (Å²) in [6.45, 7) is 3.88. The first-order valence-electron chi connectivity index (χ1n) is 5.93. The molecule has 0 saturated carbocycles. The van der Waals surface area contributed by atoms with Crippen LogP contribution in [0.25, 0.3) is 11.1 Å². The maximum Gasteiger partial charge on any atom is 0.269 e. The van der Waals surface area contributed by atoms with Crippen LogP contribution in [-0.4, -0.2) is 12.0 Å². The molecule has 0 saturated heterocycles. The van der Waals surface area contributed by atoms with Crippen LogP contribution in [0.15, 0.2) is 36.4 Å². The second kappa shape index (κ2) is 5.10. The topological polar surface area (TPSA) is 52.4 Å². The first-order chi connectivity index (χ1) is 9.02. The van der Waals surface area contributed by atoms with E-state index in [2.05, 4.69) is 0 Å². The van der Waals surface area contributed by atoms with Crippen LogP contribution in [-0.2, 0) is 0 Å². The first kappa shape index (κ1) is 13.1. The van der Waals surface area contributed by atoms with E-state index in [-0.39, 0.29) is 10.6 Å². The van der Waals surface area contributed by atoms with Crippen LogP contribution in [0, 0.1) is 24.0 Å². The van der Waals surface area contributed by atoms with Crippen molar-refractivity contribution in [3.63, 3.8) is 0 Å². The molecule has 0 aromatic heterocycles. The molecule has 0 aliphatic carbocycles. The minimum Gasteiger partial charge on any atom is -0.497 e. The molecule has 4 nitrogen and oxygen atoms in total. The Morgan fingerprint density at radius 2 is 1.58 bits per heavy atom. The SMILES string of the molecule is COc1ccc(-c2ccc([N+](=O)[O-])cc2C)c(C)c1. The fourth-order valence-corrected chi connectivity index (χ4v) is 2.13. The molecule has 2 aromatic rings. The minimum absolute atomic E-state index is 0.118. The lowest BCUT2D eigenvalue weighted by atomic mass is 9.96. The smallest absolute Gasteiger partial charge is 0.269 e. The number of ether oxygens (including phenoxy) is 1. The normalized spacial score (nSPS) is 10.3. The summed E-state index contributed by atoms with van der Waals surface area (Å²) in [5.41, 5.74) is 4.16. The number of nitro groups is 1. The Morgan fingerprint density at radius 3 is 2.05 bits per heavy atom. The van der Waals surface area contributed by atoms with E-state index in [1.165, 1.54) is 6.07 Å². The van der Waals surface area contributed by atoms with Crippen molar-refractivity contribution in [2.45, 2.75) is 13.8 Å². The van der Waals surface area contributed by atoms with Crippen molar-refractivity contribution >= 4 is 5.69 Å². The largest absolute Gasteiger partial charge is 0.497 e. The zero-order chi connectivity index (χ0) is 14.0. The van der Waals surface area contributed by atoms with Crippen molar-refractivity contribution in [1.82, 2.24) is 0 Å². The van der Waals surface area contributed by atoms with Crippen LogP contribution >= 0.6 is 0 Å². The van der Waals surface area contributed by atoms with Crippen LogP contribution in [0.3, 0.4) is 0 Å².